The molecule has 0 saturated carbocycles. The molecule has 3 N–H and O–H groups in total. The maximum Gasteiger partial charge on any atom is 0.422 e. The van der Waals surface area contributed by atoms with Gasteiger partial charge in [-0.05, 0) is 13.0 Å². The Morgan fingerprint density at radius 2 is 2.12 bits per heavy atom. The van der Waals surface area contributed by atoms with Crippen LogP contribution in [0.3, 0.4) is 0 Å². The van der Waals surface area contributed by atoms with E-state index >= 15 is 0 Å². The molecule has 0 atom stereocenters. The number of nitrogens with two attached hydrogens (primary N) is 1. The van der Waals surface area contributed by atoms with E-state index in [0.29, 0.717) is 5.69 Å². The molecule has 1 aromatic rings. The normalized spacial score (nSPS) is 11.2. The molecule has 0 saturated heterocycles. The fourth-order valence-electron chi connectivity index (χ4n) is 0.890. The molecule has 8 heteroatoms. The molecule has 0 aliphatic rings. The summed E-state index contributed by atoms with van der Waals surface area (Å²) in [5, 5.41) is 7.09. The van der Waals surface area contributed by atoms with Gasteiger partial charge in [-0.2, -0.15) is 18.2 Å². The lowest BCUT2D eigenvalue weighted by Gasteiger charge is -2.08. The van der Waals surface area contributed by atoms with Gasteiger partial charge in [-0.15, -0.1) is 0 Å². The Morgan fingerprint density at radius 1 is 1.50 bits per heavy atom. The minimum absolute atomic E-state index is 0.0321. The van der Waals surface area contributed by atoms with Gasteiger partial charge in [0.1, 0.15) is 11.5 Å². The highest BCUT2D eigenvalue weighted by Gasteiger charge is 2.29. The van der Waals surface area contributed by atoms with Crippen LogP contribution in [0.5, 0.6) is 6.01 Å². The van der Waals surface area contributed by atoms with E-state index in [0.717, 1.165) is 0 Å². The standard InChI is InChI=1S/C8H9F3N4O/c1-4-2-5(6(12)13)15-7(14-4)16-3-8(9,10)11/h2H,3H2,1H3,(H3,12,13). The minimum Gasteiger partial charge on any atom is -0.454 e. The highest BCUT2D eigenvalue weighted by molar-refractivity contribution is 5.93. The third-order valence-corrected chi connectivity index (χ3v) is 1.47. The van der Waals surface area contributed by atoms with Crippen molar-refractivity contribution in [3.8, 4) is 6.01 Å². The van der Waals surface area contributed by atoms with Crippen molar-refractivity contribution < 1.29 is 17.9 Å². The molecule has 0 radical (unpaired) electrons. The topological polar surface area (TPSA) is 84.9 Å². The van der Waals surface area contributed by atoms with Gasteiger partial charge in [-0.1, -0.05) is 0 Å². The van der Waals surface area contributed by atoms with Gasteiger partial charge in [0.25, 0.3) is 0 Å². The van der Waals surface area contributed by atoms with Crippen LogP contribution in [0.2, 0.25) is 0 Å². The Balaban J connectivity index is 2.85. The Hall–Kier alpha value is -1.86. The maximum absolute atomic E-state index is 11.9. The maximum atomic E-state index is 11.9. The molecule has 0 bridgehead atoms. The van der Waals surface area contributed by atoms with E-state index in [9.17, 15) is 13.2 Å². The first-order chi connectivity index (χ1) is 7.28. The minimum atomic E-state index is -4.45. The van der Waals surface area contributed by atoms with Crippen molar-refractivity contribution in [1.82, 2.24) is 9.97 Å². The SMILES string of the molecule is Cc1cc(C(=N)N)nc(OCC(F)(F)F)n1. The number of hydrogen-bond acceptors (Lipinski definition) is 4. The van der Waals surface area contributed by atoms with E-state index in [2.05, 4.69) is 14.7 Å². The lowest BCUT2D eigenvalue weighted by atomic mass is 10.3. The summed E-state index contributed by atoms with van der Waals surface area (Å²) in [7, 11) is 0. The van der Waals surface area contributed by atoms with Crippen molar-refractivity contribution >= 4 is 5.84 Å². The van der Waals surface area contributed by atoms with E-state index in [1.54, 1.807) is 0 Å². The summed E-state index contributed by atoms with van der Waals surface area (Å²) >= 11 is 0. The monoisotopic (exact) mass is 234 g/mol. The average Bonchev–Trinajstić information content (AvgIpc) is 2.13. The molecule has 1 rings (SSSR count). The smallest absolute Gasteiger partial charge is 0.422 e. The second-order valence-corrected chi connectivity index (χ2v) is 2.99. The Kier molecular flexibility index (Phi) is 3.31. The molecule has 0 spiro atoms. The molecular weight excluding hydrogens is 225 g/mol. The van der Waals surface area contributed by atoms with Crippen LogP contribution in [-0.2, 0) is 0 Å². The van der Waals surface area contributed by atoms with Crippen molar-refractivity contribution in [3.05, 3.63) is 17.5 Å². The number of nitrogen functional groups attached to an aromatic ring is 1. The summed E-state index contributed by atoms with van der Waals surface area (Å²) in [4.78, 5) is 7.19. The van der Waals surface area contributed by atoms with Crippen LogP contribution < -0.4 is 10.5 Å². The zero-order valence-electron chi connectivity index (χ0n) is 8.30. The van der Waals surface area contributed by atoms with E-state index < -0.39 is 18.8 Å². The average molecular weight is 234 g/mol. The number of alkyl halides is 3. The zero-order chi connectivity index (χ0) is 12.3. The lowest BCUT2D eigenvalue weighted by Crippen LogP contribution is -2.21. The summed E-state index contributed by atoms with van der Waals surface area (Å²) in [6.45, 7) is 0.0579. The number of nitrogens with zero attached hydrogens (tertiary/aromatic N) is 2. The first-order valence-corrected chi connectivity index (χ1v) is 4.17. The first kappa shape index (κ1) is 12.2. The fourth-order valence-corrected chi connectivity index (χ4v) is 0.890. The van der Waals surface area contributed by atoms with Crippen molar-refractivity contribution in [2.45, 2.75) is 13.1 Å². The molecule has 0 unspecified atom stereocenters. The van der Waals surface area contributed by atoms with Crippen molar-refractivity contribution in [2.24, 2.45) is 5.73 Å². The molecule has 0 fully saturated rings. The van der Waals surface area contributed by atoms with Crippen LogP contribution in [0.15, 0.2) is 6.07 Å². The molecule has 88 valence electrons. The molecule has 5 nitrogen and oxygen atoms in total. The molecule has 16 heavy (non-hydrogen) atoms. The van der Waals surface area contributed by atoms with Gasteiger partial charge >= 0.3 is 12.2 Å². The first-order valence-electron chi connectivity index (χ1n) is 4.17. The predicted octanol–water partition coefficient (Wildman–Crippen LogP) is 1.01. The third kappa shape index (κ3) is 3.71. The van der Waals surface area contributed by atoms with Crippen LogP contribution in [-0.4, -0.2) is 28.6 Å². The molecular formula is C8H9F3N4O. The molecule has 0 amide bonds. The van der Waals surface area contributed by atoms with E-state index in [4.69, 9.17) is 11.1 Å². The van der Waals surface area contributed by atoms with Crippen LogP contribution in [0.4, 0.5) is 13.2 Å². The zero-order valence-corrected chi connectivity index (χ0v) is 8.30. The van der Waals surface area contributed by atoms with E-state index in [1.165, 1.54) is 13.0 Å². The highest BCUT2D eigenvalue weighted by atomic mass is 19.4. The molecule has 0 aromatic carbocycles. The van der Waals surface area contributed by atoms with Crippen molar-refractivity contribution in [2.75, 3.05) is 6.61 Å². The lowest BCUT2D eigenvalue weighted by molar-refractivity contribution is -0.154. The number of aromatic nitrogens is 2. The molecule has 1 aromatic heterocycles. The van der Waals surface area contributed by atoms with Gasteiger partial charge in [0.2, 0.25) is 0 Å². The van der Waals surface area contributed by atoms with Gasteiger partial charge in [-0.3, -0.25) is 5.41 Å². The number of rotatable bonds is 3. The van der Waals surface area contributed by atoms with Gasteiger partial charge in [0.15, 0.2) is 6.61 Å². The fraction of sp³-hybridized carbons (Fsp3) is 0.375. The summed E-state index contributed by atoms with van der Waals surface area (Å²) in [5.74, 6) is -0.359. The van der Waals surface area contributed by atoms with Gasteiger partial charge in [-0.25, -0.2) is 4.98 Å². The number of aryl methyl sites for hydroxylation is 1. The number of halogens is 3. The van der Waals surface area contributed by atoms with E-state index in [1.807, 2.05) is 0 Å². The van der Waals surface area contributed by atoms with E-state index in [-0.39, 0.29) is 11.5 Å². The van der Waals surface area contributed by atoms with Gasteiger partial charge in [0.05, 0.1) is 0 Å². The highest BCUT2D eigenvalue weighted by Crippen LogP contribution is 2.16. The quantitative estimate of drug-likeness (QED) is 0.603. The number of nitrogens with one attached hydrogen (secondary N) is 1. The number of hydrogen-bond donors (Lipinski definition) is 2. The largest absolute Gasteiger partial charge is 0.454 e. The second kappa shape index (κ2) is 4.33. The van der Waals surface area contributed by atoms with Crippen LogP contribution in [0.25, 0.3) is 0 Å². The molecule has 1 heterocycles. The Bertz CT molecular complexity index is 405. The van der Waals surface area contributed by atoms with Gasteiger partial charge in [0, 0.05) is 5.69 Å². The summed E-state index contributed by atoms with van der Waals surface area (Å²) in [6.07, 6.45) is -4.45. The third-order valence-electron chi connectivity index (χ3n) is 1.47. The van der Waals surface area contributed by atoms with Crippen molar-refractivity contribution in [3.63, 3.8) is 0 Å². The summed E-state index contributed by atoms with van der Waals surface area (Å²) in [6, 6.07) is 0.936. The number of ether oxygens (including phenoxy) is 1. The Labute approximate surface area is 89.0 Å². The molecule has 0 aliphatic heterocycles. The Morgan fingerprint density at radius 3 is 2.62 bits per heavy atom. The van der Waals surface area contributed by atoms with Gasteiger partial charge < -0.3 is 10.5 Å². The van der Waals surface area contributed by atoms with Crippen molar-refractivity contribution in [1.29, 1.82) is 5.41 Å². The summed E-state index contributed by atoms with van der Waals surface area (Å²) in [5.41, 5.74) is 5.55. The second-order valence-electron chi connectivity index (χ2n) is 2.99. The molecule has 0 aliphatic carbocycles. The summed E-state index contributed by atoms with van der Waals surface area (Å²) < 4.78 is 39.9. The van der Waals surface area contributed by atoms with Crippen LogP contribution >= 0.6 is 0 Å². The number of amidine groups is 1. The predicted molar refractivity (Wildman–Crippen MR) is 49.3 cm³/mol. The van der Waals surface area contributed by atoms with Crippen LogP contribution in [0, 0.1) is 12.3 Å². The van der Waals surface area contributed by atoms with Crippen LogP contribution in [0.1, 0.15) is 11.4 Å².